The zero-order valence-electron chi connectivity index (χ0n) is 12.6. The van der Waals surface area contributed by atoms with E-state index < -0.39 is 0 Å². The Hall–Kier alpha value is -1.95. The van der Waals surface area contributed by atoms with Crippen LogP contribution in [0.2, 0.25) is 0 Å². The van der Waals surface area contributed by atoms with Crippen LogP contribution >= 0.6 is 11.3 Å². The fraction of sp³-hybridized carbons (Fsp3) is 0.438. The number of aromatic nitrogens is 4. The van der Waals surface area contributed by atoms with Crippen molar-refractivity contribution in [1.29, 1.82) is 0 Å². The summed E-state index contributed by atoms with van der Waals surface area (Å²) in [6.07, 6.45) is 9.07. The van der Waals surface area contributed by atoms with Gasteiger partial charge in [-0.3, -0.25) is 0 Å². The summed E-state index contributed by atoms with van der Waals surface area (Å²) in [7, 11) is 0. The summed E-state index contributed by atoms with van der Waals surface area (Å²) in [6.45, 7) is 4.16. The molecule has 114 valence electrons. The topological polar surface area (TPSA) is 46.8 Å². The van der Waals surface area contributed by atoms with Crippen LogP contribution in [-0.4, -0.2) is 32.1 Å². The van der Waals surface area contributed by atoms with Crippen LogP contribution in [0.1, 0.15) is 25.6 Å². The fourth-order valence-electron chi connectivity index (χ4n) is 3.20. The number of anilines is 1. The van der Waals surface area contributed by atoms with Crippen LogP contribution in [0.5, 0.6) is 0 Å². The molecule has 22 heavy (non-hydrogen) atoms. The molecule has 0 aliphatic carbocycles. The van der Waals surface area contributed by atoms with Crippen molar-refractivity contribution in [3.8, 4) is 0 Å². The Labute approximate surface area is 133 Å². The highest BCUT2D eigenvalue weighted by Gasteiger charge is 2.28. The highest BCUT2D eigenvalue weighted by atomic mass is 32.1. The van der Waals surface area contributed by atoms with E-state index >= 15 is 0 Å². The van der Waals surface area contributed by atoms with Gasteiger partial charge in [-0.05, 0) is 24.3 Å². The van der Waals surface area contributed by atoms with Gasteiger partial charge in [0.1, 0.15) is 16.5 Å². The third-order valence-corrected chi connectivity index (χ3v) is 5.10. The first-order valence-corrected chi connectivity index (χ1v) is 8.69. The Morgan fingerprint density at radius 1 is 1.36 bits per heavy atom. The van der Waals surface area contributed by atoms with Crippen molar-refractivity contribution in [2.45, 2.75) is 38.8 Å². The van der Waals surface area contributed by atoms with Gasteiger partial charge in [0, 0.05) is 37.9 Å². The Bertz CT molecular complexity index is 764. The van der Waals surface area contributed by atoms with Crippen LogP contribution in [0, 0.1) is 0 Å². The average Bonchev–Trinajstić information content (AvgIpc) is 3.27. The van der Waals surface area contributed by atoms with Crippen molar-refractivity contribution in [3.63, 3.8) is 0 Å². The molecule has 0 N–H and O–H groups in total. The molecule has 1 saturated heterocycles. The standard InChI is InChI=1S/C16H19N5S/c1-2-14-18-15(13-5-9-22-16(13)19-14)21-7-3-4-12(21)10-20-8-6-17-11-20/h5-6,8-9,11-12H,2-4,7,10H2,1H3. The summed E-state index contributed by atoms with van der Waals surface area (Å²) >= 11 is 1.70. The largest absolute Gasteiger partial charge is 0.351 e. The van der Waals surface area contributed by atoms with Crippen LogP contribution in [0.25, 0.3) is 10.2 Å². The quantitative estimate of drug-likeness (QED) is 0.742. The smallest absolute Gasteiger partial charge is 0.141 e. The molecule has 0 bridgehead atoms. The lowest BCUT2D eigenvalue weighted by Crippen LogP contribution is -2.33. The van der Waals surface area contributed by atoms with E-state index in [-0.39, 0.29) is 0 Å². The van der Waals surface area contributed by atoms with E-state index in [0.29, 0.717) is 6.04 Å². The molecule has 0 saturated carbocycles. The van der Waals surface area contributed by atoms with Crippen molar-refractivity contribution in [2.75, 3.05) is 11.4 Å². The molecule has 0 spiro atoms. The lowest BCUT2D eigenvalue weighted by molar-refractivity contribution is 0.547. The summed E-state index contributed by atoms with van der Waals surface area (Å²) in [5.74, 6) is 2.06. The van der Waals surface area contributed by atoms with Gasteiger partial charge in [-0.25, -0.2) is 15.0 Å². The maximum Gasteiger partial charge on any atom is 0.141 e. The first-order chi connectivity index (χ1) is 10.8. The molecule has 3 aromatic rings. The van der Waals surface area contributed by atoms with Gasteiger partial charge in [0.05, 0.1) is 11.7 Å². The number of rotatable bonds is 4. The van der Waals surface area contributed by atoms with Gasteiger partial charge in [0.2, 0.25) is 0 Å². The number of aryl methyl sites for hydroxylation is 1. The predicted molar refractivity (Wildman–Crippen MR) is 89.4 cm³/mol. The maximum atomic E-state index is 4.85. The van der Waals surface area contributed by atoms with E-state index in [9.17, 15) is 0 Å². The zero-order valence-corrected chi connectivity index (χ0v) is 13.5. The second-order valence-corrected chi connectivity index (χ2v) is 6.60. The molecule has 0 radical (unpaired) electrons. The number of fused-ring (bicyclic) bond motifs is 1. The van der Waals surface area contributed by atoms with Crippen molar-refractivity contribution in [2.24, 2.45) is 0 Å². The molecule has 1 aliphatic rings. The fourth-order valence-corrected chi connectivity index (χ4v) is 3.98. The Morgan fingerprint density at radius 3 is 3.14 bits per heavy atom. The van der Waals surface area contributed by atoms with Crippen molar-refractivity contribution in [1.82, 2.24) is 19.5 Å². The lowest BCUT2D eigenvalue weighted by atomic mass is 10.2. The molecule has 4 heterocycles. The maximum absolute atomic E-state index is 4.85. The molecule has 0 aromatic carbocycles. The Kier molecular flexibility index (Phi) is 3.54. The van der Waals surface area contributed by atoms with Crippen molar-refractivity contribution >= 4 is 27.4 Å². The second-order valence-electron chi connectivity index (χ2n) is 5.71. The van der Waals surface area contributed by atoms with Gasteiger partial charge < -0.3 is 9.47 Å². The van der Waals surface area contributed by atoms with Gasteiger partial charge in [-0.15, -0.1) is 11.3 Å². The van der Waals surface area contributed by atoms with Gasteiger partial charge in [-0.2, -0.15) is 0 Å². The number of nitrogens with zero attached hydrogens (tertiary/aromatic N) is 5. The monoisotopic (exact) mass is 313 g/mol. The first kappa shape index (κ1) is 13.7. The molecular formula is C16H19N5S. The average molecular weight is 313 g/mol. The van der Waals surface area contributed by atoms with Crippen molar-refractivity contribution in [3.05, 3.63) is 36.0 Å². The molecular weight excluding hydrogens is 294 g/mol. The number of hydrogen-bond donors (Lipinski definition) is 0. The third kappa shape index (κ3) is 2.37. The highest BCUT2D eigenvalue weighted by Crippen LogP contribution is 2.33. The molecule has 0 amide bonds. The van der Waals surface area contributed by atoms with Gasteiger partial charge in [0.15, 0.2) is 0 Å². The number of thiophene rings is 1. The highest BCUT2D eigenvalue weighted by molar-refractivity contribution is 7.16. The molecule has 1 aliphatic heterocycles. The molecule has 3 aromatic heterocycles. The number of hydrogen-bond acceptors (Lipinski definition) is 5. The molecule has 5 nitrogen and oxygen atoms in total. The minimum Gasteiger partial charge on any atom is -0.351 e. The van der Waals surface area contributed by atoms with Gasteiger partial charge in [0.25, 0.3) is 0 Å². The van der Waals surface area contributed by atoms with Crippen LogP contribution in [-0.2, 0) is 13.0 Å². The van der Waals surface area contributed by atoms with Crippen LogP contribution in [0.4, 0.5) is 5.82 Å². The summed E-state index contributed by atoms with van der Waals surface area (Å²) < 4.78 is 2.16. The van der Waals surface area contributed by atoms with E-state index in [0.717, 1.165) is 36.0 Å². The lowest BCUT2D eigenvalue weighted by Gasteiger charge is -2.27. The summed E-state index contributed by atoms with van der Waals surface area (Å²) in [4.78, 5) is 17.2. The zero-order chi connectivity index (χ0) is 14.9. The molecule has 1 fully saturated rings. The van der Waals surface area contributed by atoms with E-state index in [1.54, 1.807) is 11.3 Å². The van der Waals surface area contributed by atoms with Gasteiger partial charge >= 0.3 is 0 Å². The van der Waals surface area contributed by atoms with E-state index in [4.69, 9.17) is 4.98 Å². The molecule has 4 rings (SSSR count). The van der Waals surface area contributed by atoms with Crippen LogP contribution < -0.4 is 4.90 Å². The number of imidazole rings is 1. The van der Waals surface area contributed by atoms with E-state index in [1.165, 1.54) is 18.2 Å². The molecule has 6 heteroatoms. The first-order valence-electron chi connectivity index (χ1n) is 7.81. The van der Waals surface area contributed by atoms with E-state index in [2.05, 4.69) is 37.8 Å². The van der Waals surface area contributed by atoms with Crippen LogP contribution in [0.15, 0.2) is 30.2 Å². The normalized spacial score (nSPS) is 18.4. The third-order valence-electron chi connectivity index (χ3n) is 4.30. The van der Waals surface area contributed by atoms with E-state index in [1.807, 2.05) is 18.7 Å². The summed E-state index contributed by atoms with van der Waals surface area (Å²) in [5.41, 5.74) is 0. The van der Waals surface area contributed by atoms with Crippen LogP contribution in [0.3, 0.4) is 0 Å². The van der Waals surface area contributed by atoms with Gasteiger partial charge in [-0.1, -0.05) is 6.92 Å². The minimum absolute atomic E-state index is 0.483. The summed E-state index contributed by atoms with van der Waals surface area (Å²) in [6, 6.07) is 2.64. The predicted octanol–water partition coefficient (Wildman–Crippen LogP) is 3.12. The Balaban J connectivity index is 1.71. The minimum atomic E-state index is 0.483. The second kappa shape index (κ2) is 5.68. The van der Waals surface area contributed by atoms with Crippen molar-refractivity contribution < 1.29 is 0 Å². The summed E-state index contributed by atoms with van der Waals surface area (Å²) in [5, 5.41) is 3.31. The Morgan fingerprint density at radius 2 is 2.32 bits per heavy atom. The molecule has 1 unspecified atom stereocenters. The molecule has 1 atom stereocenters. The SMILES string of the molecule is CCc1nc(N2CCCC2Cn2ccnc2)c2ccsc2n1.